The van der Waals surface area contributed by atoms with Gasteiger partial charge < -0.3 is 24.1 Å². The first-order valence-electron chi connectivity index (χ1n) is 9.20. The lowest BCUT2D eigenvalue weighted by Gasteiger charge is -2.24. The first-order chi connectivity index (χ1) is 13.5. The summed E-state index contributed by atoms with van der Waals surface area (Å²) in [5.74, 6) is -0.292. The fourth-order valence-electron chi connectivity index (χ4n) is 3.65. The summed E-state index contributed by atoms with van der Waals surface area (Å²) in [5.41, 5.74) is 1.52. The van der Waals surface area contributed by atoms with Gasteiger partial charge in [0.15, 0.2) is 0 Å². The molecule has 1 unspecified atom stereocenters. The summed E-state index contributed by atoms with van der Waals surface area (Å²) in [6.07, 6.45) is 2.24. The van der Waals surface area contributed by atoms with Gasteiger partial charge in [-0.2, -0.15) is 0 Å². The predicted molar refractivity (Wildman–Crippen MR) is 102 cm³/mol. The molecule has 0 bridgehead atoms. The van der Waals surface area contributed by atoms with Gasteiger partial charge in [0.05, 0.1) is 18.4 Å². The lowest BCUT2D eigenvalue weighted by atomic mass is 9.98. The van der Waals surface area contributed by atoms with Crippen molar-refractivity contribution >= 4 is 17.4 Å². The second kappa shape index (κ2) is 7.16. The van der Waals surface area contributed by atoms with Crippen LogP contribution in [0.3, 0.4) is 0 Å². The Morgan fingerprint density at radius 1 is 1.29 bits per heavy atom. The number of hydrogen-bond donors (Lipinski definition) is 1. The third-order valence-electron chi connectivity index (χ3n) is 5.10. The highest BCUT2D eigenvalue weighted by Crippen LogP contribution is 2.40. The number of likely N-dealkylation sites (N-methyl/N-ethyl adjacent to an activating group) is 1. The first-order valence-corrected chi connectivity index (χ1v) is 9.20. The zero-order valence-corrected chi connectivity index (χ0v) is 15.8. The van der Waals surface area contributed by atoms with Gasteiger partial charge in [0.25, 0.3) is 11.7 Å². The van der Waals surface area contributed by atoms with E-state index in [4.69, 9.17) is 9.15 Å². The first kappa shape index (κ1) is 18.3. The second-order valence-electron chi connectivity index (χ2n) is 7.23. The molecule has 3 heterocycles. The van der Waals surface area contributed by atoms with Gasteiger partial charge in [-0.3, -0.25) is 9.59 Å². The van der Waals surface area contributed by atoms with Crippen molar-refractivity contribution in [2.75, 3.05) is 33.8 Å². The molecule has 1 amide bonds. The van der Waals surface area contributed by atoms with Crippen LogP contribution >= 0.6 is 0 Å². The van der Waals surface area contributed by atoms with E-state index in [1.165, 1.54) is 11.2 Å². The number of aliphatic hydroxyl groups excluding tert-OH is 1. The molecular formula is C21H22N2O5. The van der Waals surface area contributed by atoms with Crippen molar-refractivity contribution in [1.29, 1.82) is 0 Å². The number of likely N-dealkylation sites (tertiary alicyclic amines) is 1. The Hall–Kier alpha value is -3.06. The zero-order chi connectivity index (χ0) is 19.8. The van der Waals surface area contributed by atoms with E-state index in [2.05, 4.69) is 0 Å². The molecule has 146 valence electrons. The molecule has 1 fully saturated rings. The summed E-state index contributed by atoms with van der Waals surface area (Å²) in [6.45, 7) is 1.53. The summed E-state index contributed by atoms with van der Waals surface area (Å²) in [4.78, 5) is 28.9. The molecule has 2 aliphatic rings. The standard InChI is InChI=1S/C21H22N2O5/c1-22(2)8-9-23-18(16-4-3-10-27-16)17(20(25)21(23)26)19(24)14-5-6-15-13(12-14)7-11-28-15/h3-6,10,12,18,24H,7-9,11H2,1-2H3/b19-17-. The quantitative estimate of drug-likeness (QED) is 0.485. The number of furan rings is 1. The average molecular weight is 382 g/mol. The minimum absolute atomic E-state index is 0.0533. The molecule has 1 atom stereocenters. The summed E-state index contributed by atoms with van der Waals surface area (Å²) >= 11 is 0. The van der Waals surface area contributed by atoms with Gasteiger partial charge in [0.2, 0.25) is 0 Å². The monoisotopic (exact) mass is 382 g/mol. The van der Waals surface area contributed by atoms with Gasteiger partial charge in [-0.1, -0.05) is 0 Å². The summed E-state index contributed by atoms with van der Waals surface area (Å²) in [6, 6.07) is 7.95. The van der Waals surface area contributed by atoms with Crippen LogP contribution in [0, 0.1) is 0 Å². The highest BCUT2D eigenvalue weighted by Gasteiger charge is 2.47. The number of ether oxygens (including phenoxy) is 1. The molecule has 2 aromatic rings. The molecule has 0 radical (unpaired) electrons. The maximum atomic E-state index is 12.8. The van der Waals surface area contributed by atoms with Crippen LogP contribution in [0.2, 0.25) is 0 Å². The van der Waals surface area contributed by atoms with Gasteiger partial charge in [0, 0.05) is 25.1 Å². The van der Waals surface area contributed by atoms with Gasteiger partial charge in [-0.15, -0.1) is 0 Å². The van der Waals surface area contributed by atoms with Gasteiger partial charge in [0.1, 0.15) is 23.3 Å². The lowest BCUT2D eigenvalue weighted by molar-refractivity contribution is -0.140. The van der Waals surface area contributed by atoms with Crippen molar-refractivity contribution in [3.8, 4) is 5.75 Å². The Bertz CT molecular complexity index is 946. The Morgan fingerprint density at radius 2 is 2.11 bits per heavy atom. The number of fused-ring (bicyclic) bond motifs is 1. The van der Waals surface area contributed by atoms with Crippen LogP contribution < -0.4 is 4.74 Å². The molecule has 7 nitrogen and oxygen atoms in total. The molecule has 0 aliphatic carbocycles. The molecule has 0 spiro atoms. The molecule has 1 aromatic carbocycles. The number of aliphatic hydroxyl groups is 1. The van der Waals surface area contributed by atoms with Crippen molar-refractivity contribution in [2.24, 2.45) is 0 Å². The van der Waals surface area contributed by atoms with Crippen LogP contribution in [0.5, 0.6) is 5.75 Å². The summed E-state index contributed by atoms with van der Waals surface area (Å²) < 4.78 is 11.0. The number of nitrogens with zero attached hydrogens (tertiary/aromatic N) is 2. The van der Waals surface area contributed by atoms with E-state index in [0.717, 1.165) is 17.7 Å². The summed E-state index contributed by atoms with van der Waals surface area (Å²) in [5, 5.41) is 11.0. The van der Waals surface area contributed by atoms with E-state index in [-0.39, 0.29) is 11.3 Å². The van der Waals surface area contributed by atoms with Crippen molar-refractivity contribution in [1.82, 2.24) is 9.80 Å². The fraction of sp³-hybridized carbons (Fsp3) is 0.333. The van der Waals surface area contributed by atoms with E-state index < -0.39 is 17.7 Å². The smallest absolute Gasteiger partial charge is 0.295 e. The number of carbonyl (C=O) groups is 2. The topological polar surface area (TPSA) is 83.2 Å². The van der Waals surface area contributed by atoms with Crippen LogP contribution in [0.25, 0.3) is 5.76 Å². The fourth-order valence-corrected chi connectivity index (χ4v) is 3.65. The van der Waals surface area contributed by atoms with Crippen molar-refractivity contribution in [2.45, 2.75) is 12.5 Å². The van der Waals surface area contributed by atoms with E-state index in [1.54, 1.807) is 24.3 Å². The predicted octanol–water partition coefficient (Wildman–Crippen LogP) is 2.20. The third-order valence-corrected chi connectivity index (χ3v) is 5.10. The van der Waals surface area contributed by atoms with E-state index >= 15 is 0 Å². The molecule has 1 aromatic heterocycles. The molecule has 1 saturated heterocycles. The molecule has 7 heteroatoms. The molecule has 0 saturated carbocycles. The maximum absolute atomic E-state index is 12.8. The minimum atomic E-state index is -0.751. The van der Waals surface area contributed by atoms with E-state index in [0.29, 0.717) is 31.0 Å². The van der Waals surface area contributed by atoms with Crippen LogP contribution in [0.15, 0.2) is 46.6 Å². The number of Topliss-reactive ketones (excluding diaryl/α,β-unsaturated/α-hetero) is 1. The number of amides is 1. The Labute approximate surface area is 162 Å². The van der Waals surface area contributed by atoms with Crippen molar-refractivity contribution in [3.05, 3.63) is 59.1 Å². The lowest BCUT2D eigenvalue weighted by Crippen LogP contribution is -2.35. The number of carbonyl (C=O) groups excluding carboxylic acids is 2. The maximum Gasteiger partial charge on any atom is 0.295 e. The van der Waals surface area contributed by atoms with Crippen molar-refractivity contribution < 1.29 is 23.8 Å². The number of hydrogen-bond acceptors (Lipinski definition) is 6. The highest BCUT2D eigenvalue weighted by atomic mass is 16.5. The van der Waals surface area contributed by atoms with Crippen molar-refractivity contribution in [3.63, 3.8) is 0 Å². The molecule has 4 rings (SSSR count). The van der Waals surface area contributed by atoms with Crippen LogP contribution in [0.1, 0.15) is 22.9 Å². The second-order valence-corrected chi connectivity index (χ2v) is 7.23. The summed E-state index contributed by atoms with van der Waals surface area (Å²) in [7, 11) is 3.79. The molecular weight excluding hydrogens is 360 g/mol. The van der Waals surface area contributed by atoms with E-state index in [9.17, 15) is 14.7 Å². The molecule has 2 aliphatic heterocycles. The molecule has 28 heavy (non-hydrogen) atoms. The third kappa shape index (κ3) is 3.07. The zero-order valence-electron chi connectivity index (χ0n) is 15.8. The number of rotatable bonds is 5. The van der Waals surface area contributed by atoms with Crippen LogP contribution in [0.4, 0.5) is 0 Å². The van der Waals surface area contributed by atoms with Gasteiger partial charge >= 0.3 is 0 Å². The number of benzene rings is 1. The Balaban J connectivity index is 1.79. The highest BCUT2D eigenvalue weighted by molar-refractivity contribution is 6.46. The van der Waals surface area contributed by atoms with Crippen LogP contribution in [-0.2, 0) is 16.0 Å². The largest absolute Gasteiger partial charge is 0.507 e. The van der Waals surface area contributed by atoms with E-state index in [1.807, 2.05) is 25.1 Å². The average Bonchev–Trinajstić information content (AvgIpc) is 3.40. The normalized spacial score (nSPS) is 20.7. The Morgan fingerprint density at radius 3 is 2.82 bits per heavy atom. The van der Waals surface area contributed by atoms with Crippen LogP contribution in [-0.4, -0.2) is 60.4 Å². The number of ketones is 1. The van der Waals surface area contributed by atoms with Gasteiger partial charge in [-0.25, -0.2) is 0 Å². The Kier molecular flexibility index (Phi) is 4.68. The minimum Gasteiger partial charge on any atom is -0.507 e. The SMILES string of the molecule is CN(C)CCN1C(=O)C(=O)/C(=C(\O)c2ccc3c(c2)CCO3)C1c1ccco1. The van der Waals surface area contributed by atoms with Gasteiger partial charge in [-0.05, 0) is 50.0 Å². The molecule has 1 N–H and O–H groups in total.